The monoisotopic (exact) mass is 241 g/mol. The molecule has 2 aromatic heterocycles. The smallest absolute Gasteiger partial charge is 0.186 e. The maximum absolute atomic E-state index is 5.58. The summed E-state index contributed by atoms with van der Waals surface area (Å²) in [7, 11) is 0. The largest absolute Gasteiger partial charge is 0.354 e. The molecule has 1 aromatic carbocycles. The summed E-state index contributed by atoms with van der Waals surface area (Å²) in [6.45, 7) is 2.67. The molecule has 0 saturated heterocycles. The van der Waals surface area contributed by atoms with Crippen LogP contribution >= 0.6 is 0 Å². The molecule has 0 atom stereocenters. The van der Waals surface area contributed by atoms with Gasteiger partial charge >= 0.3 is 0 Å². The summed E-state index contributed by atoms with van der Waals surface area (Å²) >= 11 is 0. The Morgan fingerprint density at radius 3 is 3.06 bits per heavy atom. The van der Waals surface area contributed by atoms with E-state index in [0.717, 1.165) is 29.0 Å². The number of aromatic nitrogens is 2. The van der Waals surface area contributed by atoms with Crippen molar-refractivity contribution in [1.82, 2.24) is 10.1 Å². The molecule has 0 fully saturated rings. The third-order valence-electron chi connectivity index (χ3n) is 3.08. The summed E-state index contributed by atoms with van der Waals surface area (Å²) in [6, 6.07) is 8.40. The summed E-state index contributed by atoms with van der Waals surface area (Å²) < 4.78 is 5.33. The van der Waals surface area contributed by atoms with Crippen molar-refractivity contribution in [2.45, 2.75) is 13.3 Å². The number of fused-ring (bicyclic) bond motifs is 1. The maximum atomic E-state index is 5.58. The summed E-state index contributed by atoms with van der Waals surface area (Å²) in [6.07, 6.45) is 2.51. The highest BCUT2D eigenvalue weighted by Gasteiger charge is 2.12. The van der Waals surface area contributed by atoms with Crippen LogP contribution in [0.1, 0.15) is 11.1 Å². The van der Waals surface area contributed by atoms with Crippen LogP contribution in [0.4, 0.5) is 0 Å². The van der Waals surface area contributed by atoms with Gasteiger partial charge in [-0.25, -0.2) is 0 Å². The van der Waals surface area contributed by atoms with E-state index < -0.39 is 0 Å². The zero-order valence-corrected chi connectivity index (χ0v) is 10.2. The van der Waals surface area contributed by atoms with Gasteiger partial charge in [-0.05, 0) is 37.6 Å². The number of rotatable bonds is 3. The number of nitrogens with zero attached hydrogens (tertiary/aromatic N) is 1. The molecule has 3 N–H and O–H groups in total. The van der Waals surface area contributed by atoms with Gasteiger partial charge in [-0.15, -0.1) is 0 Å². The first-order valence-corrected chi connectivity index (χ1v) is 6.01. The van der Waals surface area contributed by atoms with Gasteiger partial charge in [-0.2, -0.15) is 0 Å². The molecule has 4 nitrogen and oxygen atoms in total. The van der Waals surface area contributed by atoms with Crippen molar-refractivity contribution in [3.63, 3.8) is 0 Å². The quantitative estimate of drug-likeness (QED) is 0.740. The van der Waals surface area contributed by atoms with Gasteiger partial charge < -0.3 is 15.2 Å². The minimum atomic E-state index is 0.591. The van der Waals surface area contributed by atoms with Crippen LogP contribution in [0.2, 0.25) is 0 Å². The normalized spacial score (nSPS) is 11.2. The Labute approximate surface area is 105 Å². The second-order valence-electron chi connectivity index (χ2n) is 4.49. The van der Waals surface area contributed by atoms with Gasteiger partial charge in [0.15, 0.2) is 5.76 Å². The van der Waals surface area contributed by atoms with E-state index in [1.165, 1.54) is 10.9 Å². The number of aryl methyl sites for hydroxylation is 1. The minimum absolute atomic E-state index is 0.591. The fourth-order valence-corrected chi connectivity index (χ4v) is 2.18. The van der Waals surface area contributed by atoms with E-state index in [1.807, 2.05) is 0 Å². The molecule has 0 aliphatic carbocycles. The van der Waals surface area contributed by atoms with Crippen molar-refractivity contribution < 1.29 is 4.52 Å². The molecular weight excluding hydrogens is 226 g/mol. The summed E-state index contributed by atoms with van der Waals surface area (Å²) in [4.78, 5) is 3.36. The Morgan fingerprint density at radius 1 is 1.33 bits per heavy atom. The highest BCUT2D eigenvalue weighted by molar-refractivity contribution is 5.85. The standard InChI is InChI=1S/C14H15N3O/c1-9-2-3-10-7-13(17-12(10)6-9)14-11(4-5-15)8-16-18-14/h2-3,6-8,17H,4-5,15H2,1H3. The van der Waals surface area contributed by atoms with E-state index in [2.05, 4.69) is 41.3 Å². The molecule has 3 aromatic rings. The van der Waals surface area contributed by atoms with Gasteiger partial charge in [-0.3, -0.25) is 0 Å². The number of nitrogens with two attached hydrogens (primary N) is 1. The molecule has 4 heteroatoms. The predicted molar refractivity (Wildman–Crippen MR) is 71.3 cm³/mol. The summed E-state index contributed by atoms with van der Waals surface area (Å²) in [5.41, 5.74) is 9.92. The van der Waals surface area contributed by atoms with Gasteiger partial charge in [0.25, 0.3) is 0 Å². The van der Waals surface area contributed by atoms with Crippen molar-refractivity contribution >= 4 is 10.9 Å². The molecule has 0 aliphatic heterocycles. The van der Waals surface area contributed by atoms with Gasteiger partial charge in [0.05, 0.1) is 11.9 Å². The lowest BCUT2D eigenvalue weighted by molar-refractivity contribution is 0.430. The van der Waals surface area contributed by atoms with Gasteiger partial charge in [0.2, 0.25) is 0 Å². The molecule has 0 aliphatic rings. The highest BCUT2D eigenvalue weighted by Crippen LogP contribution is 2.27. The summed E-state index contributed by atoms with van der Waals surface area (Å²) in [5.74, 6) is 0.786. The van der Waals surface area contributed by atoms with Crippen LogP contribution in [0.5, 0.6) is 0 Å². The Balaban J connectivity index is 2.10. The number of H-pyrrole nitrogens is 1. The second-order valence-corrected chi connectivity index (χ2v) is 4.49. The SMILES string of the molecule is Cc1ccc2cc(-c3oncc3CCN)[nH]c2c1. The van der Waals surface area contributed by atoms with Crippen LogP contribution in [0.15, 0.2) is 35.0 Å². The zero-order chi connectivity index (χ0) is 12.5. The van der Waals surface area contributed by atoms with E-state index in [1.54, 1.807) is 6.20 Å². The number of nitrogens with one attached hydrogen (secondary N) is 1. The third kappa shape index (κ3) is 1.80. The molecule has 0 saturated carbocycles. The molecule has 18 heavy (non-hydrogen) atoms. The molecule has 92 valence electrons. The topological polar surface area (TPSA) is 67.8 Å². The molecule has 0 radical (unpaired) electrons. The van der Waals surface area contributed by atoms with E-state index in [9.17, 15) is 0 Å². The van der Waals surface area contributed by atoms with Crippen LogP contribution in [-0.2, 0) is 6.42 Å². The molecular formula is C14H15N3O. The Hall–Kier alpha value is -2.07. The molecule has 0 unspecified atom stereocenters. The maximum Gasteiger partial charge on any atom is 0.186 e. The van der Waals surface area contributed by atoms with Crippen molar-refractivity contribution in [3.8, 4) is 11.5 Å². The predicted octanol–water partition coefficient (Wildman–Crippen LogP) is 2.63. The Morgan fingerprint density at radius 2 is 2.22 bits per heavy atom. The lowest BCUT2D eigenvalue weighted by atomic mass is 10.1. The zero-order valence-electron chi connectivity index (χ0n) is 10.2. The minimum Gasteiger partial charge on any atom is -0.354 e. The lowest BCUT2D eigenvalue weighted by Crippen LogP contribution is -2.02. The molecule has 3 rings (SSSR count). The van der Waals surface area contributed by atoms with E-state index in [-0.39, 0.29) is 0 Å². The van der Waals surface area contributed by atoms with Crippen molar-refractivity contribution in [2.75, 3.05) is 6.54 Å². The number of hydrogen-bond donors (Lipinski definition) is 2. The summed E-state index contributed by atoms with van der Waals surface area (Å²) in [5, 5.41) is 5.03. The first-order valence-electron chi connectivity index (χ1n) is 6.01. The lowest BCUT2D eigenvalue weighted by Gasteiger charge is -1.95. The molecule has 0 spiro atoms. The van der Waals surface area contributed by atoms with Crippen molar-refractivity contribution in [1.29, 1.82) is 0 Å². The average Bonchev–Trinajstić information content (AvgIpc) is 2.94. The Bertz CT molecular complexity index is 681. The van der Waals surface area contributed by atoms with Crippen molar-refractivity contribution in [3.05, 3.63) is 41.6 Å². The number of aromatic amines is 1. The van der Waals surface area contributed by atoms with E-state index in [0.29, 0.717) is 6.54 Å². The van der Waals surface area contributed by atoms with Crippen LogP contribution in [0, 0.1) is 6.92 Å². The molecule has 0 bridgehead atoms. The van der Waals surface area contributed by atoms with Crippen molar-refractivity contribution in [2.24, 2.45) is 5.73 Å². The fourth-order valence-electron chi connectivity index (χ4n) is 2.18. The molecule has 0 amide bonds. The van der Waals surface area contributed by atoms with Gasteiger partial charge in [0, 0.05) is 16.5 Å². The van der Waals surface area contributed by atoms with Crippen LogP contribution in [-0.4, -0.2) is 16.7 Å². The van der Waals surface area contributed by atoms with E-state index in [4.69, 9.17) is 10.3 Å². The first kappa shape index (κ1) is 11.0. The molecule has 2 heterocycles. The number of benzene rings is 1. The Kier molecular flexibility index (Phi) is 2.64. The van der Waals surface area contributed by atoms with Crippen LogP contribution < -0.4 is 5.73 Å². The number of hydrogen-bond acceptors (Lipinski definition) is 3. The fraction of sp³-hybridized carbons (Fsp3) is 0.214. The second kappa shape index (κ2) is 4.31. The van der Waals surface area contributed by atoms with Crippen LogP contribution in [0.3, 0.4) is 0 Å². The van der Waals surface area contributed by atoms with Crippen LogP contribution in [0.25, 0.3) is 22.4 Å². The van der Waals surface area contributed by atoms with Gasteiger partial charge in [0.1, 0.15) is 0 Å². The van der Waals surface area contributed by atoms with E-state index >= 15 is 0 Å². The third-order valence-corrected chi connectivity index (χ3v) is 3.08. The highest BCUT2D eigenvalue weighted by atomic mass is 16.5. The average molecular weight is 241 g/mol. The van der Waals surface area contributed by atoms with Gasteiger partial charge in [-0.1, -0.05) is 17.3 Å². The first-order chi connectivity index (χ1) is 8.78.